The molecular weight excluding hydrogens is 400 g/mol. The van der Waals surface area contributed by atoms with E-state index < -0.39 is 0 Å². The van der Waals surface area contributed by atoms with E-state index in [0.717, 1.165) is 13.1 Å². The molecule has 0 amide bonds. The molecule has 180 valence electrons. The predicted molar refractivity (Wildman–Crippen MR) is 143 cm³/mol. The molecule has 0 saturated heterocycles. The van der Waals surface area contributed by atoms with Crippen molar-refractivity contribution < 1.29 is 0 Å². The highest BCUT2D eigenvalue weighted by atomic mass is 15.0. The average Bonchev–Trinajstić information content (AvgIpc) is 3.66. The number of benzene rings is 2. The van der Waals surface area contributed by atoms with Crippen LogP contribution < -0.4 is 10.6 Å². The third kappa shape index (κ3) is 7.42. The van der Waals surface area contributed by atoms with Gasteiger partial charge in [0.15, 0.2) is 0 Å². The second kappa shape index (κ2) is 9.92. The zero-order valence-electron chi connectivity index (χ0n) is 21.9. The summed E-state index contributed by atoms with van der Waals surface area (Å²) in [4.78, 5) is 0. The van der Waals surface area contributed by atoms with Gasteiger partial charge in [-0.15, -0.1) is 0 Å². The fraction of sp³-hybridized carbons (Fsp3) is 0.613. The summed E-state index contributed by atoms with van der Waals surface area (Å²) in [5, 5.41) is 7.52. The van der Waals surface area contributed by atoms with Crippen LogP contribution in [-0.2, 0) is 0 Å². The summed E-state index contributed by atoms with van der Waals surface area (Å²) in [6.07, 6.45) is 6.37. The first-order valence-electron chi connectivity index (χ1n) is 13.3. The number of nitrogens with one attached hydrogen (secondary N) is 2. The zero-order chi connectivity index (χ0) is 23.6. The van der Waals surface area contributed by atoms with Gasteiger partial charge in [-0.25, -0.2) is 0 Å². The Balaban J connectivity index is 1.22. The molecule has 0 aliphatic heterocycles. The monoisotopic (exact) mass is 446 g/mol. The van der Waals surface area contributed by atoms with Crippen LogP contribution in [0.2, 0.25) is 0 Å². The van der Waals surface area contributed by atoms with E-state index in [-0.39, 0.29) is 0 Å². The van der Waals surface area contributed by atoms with Gasteiger partial charge in [0, 0.05) is 23.9 Å². The van der Waals surface area contributed by atoms with Gasteiger partial charge in [-0.2, -0.15) is 0 Å². The van der Waals surface area contributed by atoms with Crippen molar-refractivity contribution in [3.63, 3.8) is 0 Å². The molecule has 0 spiro atoms. The lowest BCUT2D eigenvalue weighted by molar-refractivity contribution is 0.360. The van der Waals surface area contributed by atoms with E-state index in [0.29, 0.717) is 34.7 Å². The minimum absolute atomic E-state index is 0.414. The minimum atomic E-state index is 0.414. The second-order valence-electron chi connectivity index (χ2n) is 13.0. The molecule has 2 aliphatic carbocycles. The van der Waals surface area contributed by atoms with Crippen LogP contribution >= 0.6 is 0 Å². The summed E-state index contributed by atoms with van der Waals surface area (Å²) < 4.78 is 0. The predicted octanol–water partition coefficient (Wildman–Crippen LogP) is 7.51. The maximum Gasteiger partial charge on any atom is 0.0143 e. The molecule has 33 heavy (non-hydrogen) atoms. The van der Waals surface area contributed by atoms with Crippen LogP contribution in [-0.4, -0.2) is 25.2 Å². The van der Waals surface area contributed by atoms with Gasteiger partial charge in [-0.05, 0) is 78.3 Å². The molecule has 2 N–H and O–H groups in total. The van der Waals surface area contributed by atoms with E-state index >= 15 is 0 Å². The molecule has 2 aromatic rings. The highest BCUT2D eigenvalue weighted by molar-refractivity contribution is 5.64. The summed E-state index contributed by atoms with van der Waals surface area (Å²) in [5.41, 5.74) is 6.50. The van der Waals surface area contributed by atoms with Crippen molar-refractivity contribution in [3.05, 3.63) is 59.7 Å². The Morgan fingerprint density at radius 3 is 1.45 bits per heavy atom. The summed E-state index contributed by atoms with van der Waals surface area (Å²) in [7, 11) is 0. The van der Waals surface area contributed by atoms with E-state index in [4.69, 9.17) is 0 Å². The molecule has 2 saturated carbocycles. The van der Waals surface area contributed by atoms with E-state index in [1.165, 1.54) is 54.4 Å². The first kappa shape index (κ1) is 24.5. The molecule has 0 heterocycles. The van der Waals surface area contributed by atoms with E-state index in [1.54, 1.807) is 0 Å². The lowest BCUT2D eigenvalue weighted by Crippen LogP contribution is -2.23. The average molecular weight is 447 g/mol. The molecule has 4 atom stereocenters. The molecule has 2 aliphatic rings. The summed E-state index contributed by atoms with van der Waals surface area (Å²) in [6, 6.07) is 20.0. The zero-order valence-corrected chi connectivity index (χ0v) is 21.9. The Morgan fingerprint density at radius 2 is 1.03 bits per heavy atom. The maximum absolute atomic E-state index is 3.77. The smallest absolute Gasteiger partial charge is 0.0143 e. The molecular formula is C31H46N2. The molecule has 2 nitrogen and oxygen atoms in total. The van der Waals surface area contributed by atoms with E-state index in [1.807, 2.05) is 0 Å². The Bertz CT molecular complexity index is 883. The van der Waals surface area contributed by atoms with Gasteiger partial charge in [0.1, 0.15) is 0 Å². The van der Waals surface area contributed by atoms with Crippen molar-refractivity contribution in [1.29, 1.82) is 0 Å². The van der Waals surface area contributed by atoms with Gasteiger partial charge in [-0.3, -0.25) is 0 Å². The SMILES string of the molecule is CC(C)(C)CCCNC1C[C@H]1c1ccc(-c2ccc(C3C[C@@H]3NCCC(C)(C)C)cc2)cc1. The highest BCUT2D eigenvalue weighted by Gasteiger charge is 2.38. The van der Waals surface area contributed by atoms with Gasteiger partial charge in [0.2, 0.25) is 0 Å². The van der Waals surface area contributed by atoms with Crippen LogP contribution in [0.25, 0.3) is 11.1 Å². The lowest BCUT2D eigenvalue weighted by atomic mass is 9.91. The largest absolute Gasteiger partial charge is 0.313 e. The summed E-state index contributed by atoms with van der Waals surface area (Å²) >= 11 is 0. The van der Waals surface area contributed by atoms with Gasteiger partial charge in [0.25, 0.3) is 0 Å². The van der Waals surface area contributed by atoms with E-state index in [9.17, 15) is 0 Å². The maximum atomic E-state index is 3.77. The Labute approximate surface area is 203 Å². The standard InChI is InChI=1S/C31H46N2/c1-30(2,3)16-7-18-32-28-20-26(28)24-12-8-22(9-13-24)23-10-14-25(15-11-23)27-21-29(27)33-19-17-31(4,5)6/h8-15,26-29,32-33H,7,16-21H2,1-6H3/t26-,27?,28?,29-/m0/s1. The first-order valence-corrected chi connectivity index (χ1v) is 13.3. The fourth-order valence-electron chi connectivity index (χ4n) is 4.96. The van der Waals surface area contributed by atoms with Crippen molar-refractivity contribution in [2.45, 2.75) is 97.6 Å². The quantitative estimate of drug-likeness (QED) is 0.369. The molecule has 0 aromatic heterocycles. The molecule has 2 heteroatoms. The van der Waals surface area contributed by atoms with Crippen molar-refractivity contribution in [2.24, 2.45) is 10.8 Å². The molecule has 2 fully saturated rings. The molecule has 2 unspecified atom stereocenters. The minimum Gasteiger partial charge on any atom is -0.313 e. The molecule has 4 rings (SSSR count). The molecule has 0 bridgehead atoms. The van der Waals surface area contributed by atoms with Gasteiger partial charge in [0.05, 0.1) is 0 Å². The fourth-order valence-corrected chi connectivity index (χ4v) is 4.96. The Hall–Kier alpha value is -1.64. The number of hydrogen-bond acceptors (Lipinski definition) is 2. The van der Waals surface area contributed by atoms with Gasteiger partial charge < -0.3 is 10.6 Å². The second-order valence-corrected chi connectivity index (χ2v) is 13.0. The van der Waals surface area contributed by atoms with Crippen molar-refractivity contribution in [3.8, 4) is 11.1 Å². The van der Waals surface area contributed by atoms with E-state index in [2.05, 4.69) is 101 Å². The van der Waals surface area contributed by atoms with Crippen LogP contribution in [0.3, 0.4) is 0 Å². The van der Waals surface area contributed by atoms with Crippen LogP contribution in [0, 0.1) is 10.8 Å². The number of rotatable bonds is 10. The third-order valence-corrected chi connectivity index (χ3v) is 7.38. The first-order chi connectivity index (χ1) is 15.6. The summed E-state index contributed by atoms with van der Waals surface area (Å²) in [6.45, 7) is 16.2. The number of hydrogen-bond donors (Lipinski definition) is 2. The van der Waals surface area contributed by atoms with Crippen LogP contribution in [0.5, 0.6) is 0 Å². The van der Waals surface area contributed by atoms with Gasteiger partial charge in [-0.1, -0.05) is 90.1 Å². The summed E-state index contributed by atoms with van der Waals surface area (Å²) in [5.74, 6) is 1.40. The van der Waals surface area contributed by atoms with Crippen molar-refractivity contribution >= 4 is 0 Å². The molecule has 0 radical (unpaired) electrons. The van der Waals surface area contributed by atoms with Crippen LogP contribution in [0.4, 0.5) is 0 Å². The normalized spacial score (nSPS) is 24.7. The van der Waals surface area contributed by atoms with Crippen molar-refractivity contribution in [1.82, 2.24) is 10.6 Å². The lowest BCUT2D eigenvalue weighted by Gasteiger charge is -2.18. The Kier molecular flexibility index (Phi) is 7.36. The van der Waals surface area contributed by atoms with Crippen LogP contribution in [0.1, 0.15) is 96.6 Å². The van der Waals surface area contributed by atoms with Crippen LogP contribution in [0.15, 0.2) is 48.5 Å². The topological polar surface area (TPSA) is 24.1 Å². The third-order valence-electron chi connectivity index (χ3n) is 7.38. The molecule has 2 aromatic carbocycles. The highest BCUT2D eigenvalue weighted by Crippen LogP contribution is 2.43. The van der Waals surface area contributed by atoms with Crippen molar-refractivity contribution in [2.75, 3.05) is 13.1 Å². The Morgan fingerprint density at radius 1 is 0.606 bits per heavy atom. The van der Waals surface area contributed by atoms with Gasteiger partial charge >= 0.3 is 0 Å².